The summed E-state index contributed by atoms with van der Waals surface area (Å²) in [5, 5.41) is 17.4. The van der Waals surface area contributed by atoms with Gasteiger partial charge in [0.1, 0.15) is 17.3 Å². The largest absolute Gasteiger partial charge is 0.360 e. The Labute approximate surface area is 273 Å². The fourth-order valence-electron chi connectivity index (χ4n) is 7.66. The van der Waals surface area contributed by atoms with Crippen LogP contribution in [0, 0.1) is 30.1 Å². The molecule has 3 aliphatic heterocycles. The predicted octanol–water partition coefficient (Wildman–Crippen LogP) is 5.50. The number of rotatable bonds is 2. The van der Waals surface area contributed by atoms with Crippen molar-refractivity contribution < 1.29 is 13.6 Å². The number of nitriles is 1. The molecule has 248 valence electrons. The zero-order valence-corrected chi connectivity index (χ0v) is 27.2. The number of nitrogens with one attached hydrogen (secondary N) is 2. The molecule has 5 aliphatic rings. The number of fused-ring (bicyclic) bond motifs is 10. The van der Waals surface area contributed by atoms with E-state index in [1.165, 1.54) is 6.07 Å². The molecule has 0 unspecified atom stereocenters. The summed E-state index contributed by atoms with van der Waals surface area (Å²) in [5.41, 5.74) is -0.0228. The molecule has 8 rings (SSSR count). The van der Waals surface area contributed by atoms with Crippen LogP contribution in [0.25, 0.3) is 11.0 Å². The number of piperidine rings is 1. The van der Waals surface area contributed by atoms with Gasteiger partial charge >= 0.3 is 0 Å². The Hall–Kier alpha value is -3.91. The number of anilines is 1. The third kappa shape index (κ3) is 5.90. The highest BCUT2D eigenvalue weighted by molar-refractivity contribution is 5.88. The van der Waals surface area contributed by atoms with Gasteiger partial charge in [-0.05, 0) is 102 Å². The van der Waals surface area contributed by atoms with E-state index in [9.17, 15) is 14.9 Å². The molecule has 8 bridgehead atoms. The SMILES string of the molecule is Cc1nc2c3cc(C4(C#N)CC4)c(=O)n(c3n1)CCCCNC(=O)CCN1CCC(CC1)C(F)(F)c1cccc(c1)[C@@](C)(C1CC1)N2. The Morgan fingerprint density at radius 1 is 0.957 bits per heavy atom. The molecule has 47 heavy (non-hydrogen) atoms. The van der Waals surface area contributed by atoms with Crippen molar-refractivity contribution in [2.75, 3.05) is 31.5 Å². The Balaban J connectivity index is 1.35. The minimum atomic E-state index is -3.00. The molecule has 1 amide bonds. The number of pyridine rings is 1. The maximum Gasteiger partial charge on any atom is 0.276 e. The molecular formula is C36H43F2N7O2. The fraction of sp³-hybridized carbons (Fsp3) is 0.583. The summed E-state index contributed by atoms with van der Waals surface area (Å²) in [5.74, 6) is -2.62. The summed E-state index contributed by atoms with van der Waals surface area (Å²) in [6, 6.07) is 11.0. The van der Waals surface area contributed by atoms with Crippen molar-refractivity contribution in [3.63, 3.8) is 0 Å². The Bertz CT molecular complexity index is 1800. The van der Waals surface area contributed by atoms with Crippen LogP contribution < -0.4 is 16.2 Å². The van der Waals surface area contributed by atoms with Crippen LogP contribution in [-0.2, 0) is 28.2 Å². The molecule has 9 nitrogen and oxygen atoms in total. The van der Waals surface area contributed by atoms with Crippen LogP contribution in [0.15, 0.2) is 35.1 Å². The summed E-state index contributed by atoms with van der Waals surface area (Å²) < 4.78 is 34.1. The lowest BCUT2D eigenvalue weighted by Crippen LogP contribution is -2.41. The highest BCUT2D eigenvalue weighted by Crippen LogP contribution is 2.50. The van der Waals surface area contributed by atoms with E-state index in [1.54, 1.807) is 29.7 Å². The van der Waals surface area contributed by atoms with Gasteiger partial charge in [-0.1, -0.05) is 18.2 Å². The molecule has 11 heteroatoms. The first-order valence-electron chi connectivity index (χ1n) is 17.1. The second-order valence-electron chi connectivity index (χ2n) is 14.3. The first kappa shape index (κ1) is 31.7. The van der Waals surface area contributed by atoms with Crippen molar-refractivity contribution in [2.24, 2.45) is 11.8 Å². The molecule has 1 atom stereocenters. The first-order valence-corrected chi connectivity index (χ1v) is 17.1. The van der Waals surface area contributed by atoms with E-state index in [0.29, 0.717) is 106 Å². The number of amides is 1. The minimum absolute atomic E-state index is 0.0215. The summed E-state index contributed by atoms with van der Waals surface area (Å²) >= 11 is 0. The second-order valence-corrected chi connectivity index (χ2v) is 14.3. The average Bonchev–Trinajstić information content (AvgIpc) is 3.99. The Morgan fingerprint density at radius 2 is 1.70 bits per heavy atom. The van der Waals surface area contributed by atoms with E-state index in [0.717, 1.165) is 18.4 Å². The van der Waals surface area contributed by atoms with Gasteiger partial charge in [0.2, 0.25) is 5.91 Å². The van der Waals surface area contributed by atoms with Gasteiger partial charge in [0.05, 0.1) is 22.4 Å². The normalized spacial score (nSPS) is 27.6. The fourth-order valence-corrected chi connectivity index (χ4v) is 7.66. The quantitative estimate of drug-likeness (QED) is 0.379. The zero-order chi connectivity index (χ0) is 33.0. The molecule has 2 aromatic heterocycles. The average molecular weight is 644 g/mol. The van der Waals surface area contributed by atoms with Crippen LogP contribution in [-0.4, -0.2) is 51.5 Å². The van der Waals surface area contributed by atoms with Crippen molar-refractivity contribution in [1.82, 2.24) is 24.8 Å². The maximum atomic E-state index is 16.2. The molecular weight excluding hydrogens is 600 g/mol. The van der Waals surface area contributed by atoms with E-state index in [2.05, 4.69) is 28.5 Å². The highest BCUT2D eigenvalue weighted by Gasteiger charge is 2.49. The van der Waals surface area contributed by atoms with Gasteiger partial charge in [-0.2, -0.15) is 5.26 Å². The number of benzene rings is 1. The van der Waals surface area contributed by atoms with Crippen LogP contribution in [0.2, 0.25) is 0 Å². The smallest absolute Gasteiger partial charge is 0.276 e. The minimum Gasteiger partial charge on any atom is -0.360 e. The molecule has 2 aliphatic carbocycles. The zero-order valence-electron chi connectivity index (χ0n) is 27.2. The van der Waals surface area contributed by atoms with Gasteiger partial charge in [0, 0.05) is 43.1 Å². The molecule has 3 aromatic rings. The van der Waals surface area contributed by atoms with E-state index in [1.807, 2.05) is 6.07 Å². The predicted molar refractivity (Wildman–Crippen MR) is 175 cm³/mol. The van der Waals surface area contributed by atoms with Crippen LogP contribution in [0.4, 0.5) is 14.6 Å². The lowest BCUT2D eigenvalue weighted by molar-refractivity contribution is -0.121. The number of hydrogen-bond acceptors (Lipinski definition) is 7. The number of alkyl halides is 2. The monoisotopic (exact) mass is 643 g/mol. The van der Waals surface area contributed by atoms with E-state index < -0.39 is 22.8 Å². The van der Waals surface area contributed by atoms with Crippen molar-refractivity contribution in [1.29, 1.82) is 5.26 Å². The number of halogens is 2. The van der Waals surface area contributed by atoms with Gasteiger partial charge in [-0.25, -0.2) is 18.7 Å². The molecule has 5 heterocycles. The molecule has 3 fully saturated rings. The van der Waals surface area contributed by atoms with Crippen molar-refractivity contribution in [3.05, 3.63) is 63.2 Å². The first-order chi connectivity index (χ1) is 22.5. The second kappa shape index (κ2) is 12.0. The molecule has 2 saturated carbocycles. The maximum absolute atomic E-state index is 16.2. The van der Waals surface area contributed by atoms with Crippen molar-refractivity contribution in [2.45, 2.75) is 95.1 Å². The molecule has 1 aromatic carbocycles. The summed E-state index contributed by atoms with van der Waals surface area (Å²) in [4.78, 5) is 38.3. The topological polar surface area (TPSA) is 116 Å². The van der Waals surface area contributed by atoms with E-state index in [-0.39, 0.29) is 22.9 Å². The van der Waals surface area contributed by atoms with Gasteiger partial charge in [-0.3, -0.25) is 14.2 Å². The van der Waals surface area contributed by atoms with Gasteiger partial charge in [0.15, 0.2) is 0 Å². The van der Waals surface area contributed by atoms with Crippen molar-refractivity contribution >= 4 is 22.8 Å². The number of carbonyl (C=O) groups is 1. The lowest BCUT2D eigenvalue weighted by Gasteiger charge is -2.37. The number of nitrogens with zero attached hydrogens (tertiary/aromatic N) is 5. The van der Waals surface area contributed by atoms with E-state index in [4.69, 9.17) is 9.97 Å². The highest BCUT2D eigenvalue weighted by atomic mass is 19.3. The number of carbonyl (C=O) groups excluding carboxylic acids is 1. The summed E-state index contributed by atoms with van der Waals surface area (Å²) in [6.07, 6.45) is 5.50. The lowest BCUT2D eigenvalue weighted by atomic mass is 9.82. The van der Waals surface area contributed by atoms with Crippen molar-refractivity contribution in [3.8, 4) is 6.07 Å². The van der Waals surface area contributed by atoms with Crippen LogP contribution in [0.3, 0.4) is 0 Å². The van der Waals surface area contributed by atoms with Crippen LogP contribution in [0.5, 0.6) is 0 Å². The number of hydrogen-bond donors (Lipinski definition) is 2. The van der Waals surface area contributed by atoms with Gasteiger partial charge in [-0.15, -0.1) is 0 Å². The molecule has 0 spiro atoms. The van der Waals surface area contributed by atoms with E-state index >= 15 is 8.78 Å². The van der Waals surface area contributed by atoms with Crippen LogP contribution >= 0.6 is 0 Å². The molecule has 0 radical (unpaired) electrons. The third-order valence-electron chi connectivity index (χ3n) is 11.0. The summed E-state index contributed by atoms with van der Waals surface area (Å²) in [6.45, 7) is 6.32. The Morgan fingerprint density at radius 3 is 2.40 bits per heavy atom. The third-order valence-corrected chi connectivity index (χ3v) is 11.0. The van der Waals surface area contributed by atoms with Gasteiger partial charge in [0.25, 0.3) is 11.5 Å². The standard InChI is InChI=1S/C36H43F2N7O2/c1-23-41-31-28-21-29(35(22-39)13-14-35)33(47)45(32(28)42-23)16-4-3-15-40-30(46)12-19-44-17-10-25(11-18-44)36(37,38)27-7-5-6-26(20-27)34(2,43-31)24-8-9-24/h5-7,20-21,24-25H,3-4,8-19H2,1-2H3,(H,40,46)(H,41,42,43)/t34-/m1/s1. The van der Waals surface area contributed by atoms with Crippen LogP contribution in [0.1, 0.15) is 87.2 Å². The number of aromatic nitrogens is 3. The summed E-state index contributed by atoms with van der Waals surface area (Å²) in [7, 11) is 0. The number of aryl methyl sites for hydroxylation is 2. The molecule has 2 N–H and O–H groups in total. The Kier molecular flexibility index (Phi) is 8.06. The van der Waals surface area contributed by atoms with Gasteiger partial charge < -0.3 is 15.5 Å². The molecule has 1 saturated heterocycles.